The van der Waals surface area contributed by atoms with E-state index in [1.807, 2.05) is 30.3 Å². The summed E-state index contributed by atoms with van der Waals surface area (Å²) < 4.78 is 38.5. The SMILES string of the molecule is FC(F)(F)C1CCCN(c2ccc3ccccc3n2)C1. The lowest BCUT2D eigenvalue weighted by Gasteiger charge is -2.34. The number of nitrogens with zero attached hydrogens (tertiary/aromatic N) is 2. The zero-order chi connectivity index (χ0) is 14.2. The molecule has 2 nitrogen and oxygen atoms in total. The number of benzene rings is 1. The fourth-order valence-corrected chi connectivity index (χ4v) is 2.68. The number of rotatable bonds is 1. The Kier molecular flexibility index (Phi) is 3.28. The van der Waals surface area contributed by atoms with Gasteiger partial charge in [0.1, 0.15) is 5.82 Å². The van der Waals surface area contributed by atoms with Gasteiger partial charge >= 0.3 is 6.18 Å². The van der Waals surface area contributed by atoms with Gasteiger partial charge in [-0.15, -0.1) is 0 Å². The minimum atomic E-state index is -4.12. The number of para-hydroxylation sites is 1. The molecule has 0 amide bonds. The Bertz CT molecular complexity index is 609. The lowest BCUT2D eigenvalue weighted by Crippen LogP contribution is -2.42. The Balaban J connectivity index is 1.87. The van der Waals surface area contributed by atoms with Gasteiger partial charge in [0.15, 0.2) is 0 Å². The Labute approximate surface area is 115 Å². The quantitative estimate of drug-likeness (QED) is 0.784. The average Bonchev–Trinajstić information content (AvgIpc) is 2.46. The van der Waals surface area contributed by atoms with Gasteiger partial charge in [0, 0.05) is 18.5 Å². The average molecular weight is 280 g/mol. The number of piperidine rings is 1. The van der Waals surface area contributed by atoms with Gasteiger partial charge < -0.3 is 4.90 Å². The third-order valence-electron chi connectivity index (χ3n) is 3.79. The first-order valence-corrected chi connectivity index (χ1v) is 6.71. The zero-order valence-electron chi connectivity index (χ0n) is 10.9. The standard InChI is InChI=1S/C15H15F3N2/c16-15(17,18)12-5-3-9-20(10-12)14-8-7-11-4-1-2-6-13(11)19-14/h1-2,4,6-8,12H,3,5,9-10H2. The van der Waals surface area contributed by atoms with Crippen molar-refractivity contribution in [3.8, 4) is 0 Å². The highest BCUT2D eigenvalue weighted by Gasteiger charge is 2.42. The topological polar surface area (TPSA) is 16.1 Å². The zero-order valence-corrected chi connectivity index (χ0v) is 10.9. The van der Waals surface area contributed by atoms with Crippen LogP contribution in [0.5, 0.6) is 0 Å². The molecule has 1 aromatic carbocycles. The fraction of sp³-hybridized carbons (Fsp3) is 0.400. The molecule has 1 unspecified atom stereocenters. The summed E-state index contributed by atoms with van der Waals surface area (Å²) in [7, 11) is 0. The molecule has 1 fully saturated rings. The van der Waals surface area contributed by atoms with Crippen molar-refractivity contribution in [1.82, 2.24) is 4.98 Å². The molecule has 1 saturated heterocycles. The number of fused-ring (bicyclic) bond motifs is 1. The van der Waals surface area contributed by atoms with Gasteiger partial charge in [0.25, 0.3) is 0 Å². The molecule has 0 bridgehead atoms. The van der Waals surface area contributed by atoms with E-state index in [2.05, 4.69) is 4.98 Å². The Hall–Kier alpha value is -1.78. The second kappa shape index (κ2) is 4.96. The van der Waals surface area contributed by atoms with E-state index in [0.29, 0.717) is 18.8 Å². The van der Waals surface area contributed by atoms with Crippen LogP contribution in [0.2, 0.25) is 0 Å². The molecular weight excluding hydrogens is 265 g/mol. The van der Waals surface area contributed by atoms with E-state index in [4.69, 9.17) is 0 Å². The van der Waals surface area contributed by atoms with E-state index in [9.17, 15) is 13.2 Å². The van der Waals surface area contributed by atoms with Gasteiger partial charge in [-0.05, 0) is 31.0 Å². The van der Waals surface area contributed by atoms with Crippen LogP contribution in [0.3, 0.4) is 0 Å². The minimum absolute atomic E-state index is 0.00877. The van der Waals surface area contributed by atoms with Gasteiger partial charge in [0.2, 0.25) is 0 Å². The van der Waals surface area contributed by atoms with Gasteiger partial charge in [-0.3, -0.25) is 0 Å². The number of anilines is 1. The van der Waals surface area contributed by atoms with Crippen LogP contribution in [-0.4, -0.2) is 24.2 Å². The molecule has 0 radical (unpaired) electrons. The van der Waals surface area contributed by atoms with Gasteiger partial charge in [-0.25, -0.2) is 4.98 Å². The van der Waals surface area contributed by atoms with Crippen LogP contribution in [0.1, 0.15) is 12.8 Å². The largest absolute Gasteiger partial charge is 0.393 e. The molecule has 2 heterocycles. The van der Waals surface area contributed by atoms with Crippen molar-refractivity contribution in [2.75, 3.05) is 18.0 Å². The first kappa shape index (κ1) is 13.2. The molecule has 2 aromatic rings. The van der Waals surface area contributed by atoms with E-state index < -0.39 is 12.1 Å². The molecule has 1 aliphatic rings. The fourth-order valence-electron chi connectivity index (χ4n) is 2.68. The summed E-state index contributed by atoms with van der Waals surface area (Å²) in [5.74, 6) is -0.609. The van der Waals surface area contributed by atoms with Crippen molar-refractivity contribution in [1.29, 1.82) is 0 Å². The molecule has 1 aliphatic heterocycles. The van der Waals surface area contributed by atoms with Crippen molar-refractivity contribution in [3.05, 3.63) is 36.4 Å². The molecule has 0 aliphatic carbocycles. The highest BCUT2D eigenvalue weighted by atomic mass is 19.4. The number of halogens is 3. The summed E-state index contributed by atoms with van der Waals surface area (Å²) in [6.45, 7) is 0.646. The minimum Gasteiger partial charge on any atom is -0.356 e. The molecule has 5 heteroatoms. The van der Waals surface area contributed by atoms with Crippen molar-refractivity contribution < 1.29 is 13.2 Å². The van der Waals surface area contributed by atoms with E-state index in [1.54, 1.807) is 11.0 Å². The smallest absolute Gasteiger partial charge is 0.356 e. The van der Waals surface area contributed by atoms with Crippen molar-refractivity contribution in [3.63, 3.8) is 0 Å². The number of hydrogen-bond donors (Lipinski definition) is 0. The summed E-state index contributed by atoms with van der Waals surface area (Å²) in [5.41, 5.74) is 0.819. The predicted molar refractivity (Wildman–Crippen MR) is 72.7 cm³/mol. The maximum Gasteiger partial charge on any atom is 0.393 e. The monoisotopic (exact) mass is 280 g/mol. The maximum absolute atomic E-state index is 12.8. The van der Waals surface area contributed by atoms with Crippen LogP contribution < -0.4 is 4.90 Å². The second-order valence-electron chi connectivity index (χ2n) is 5.19. The maximum atomic E-state index is 12.8. The van der Waals surface area contributed by atoms with Crippen LogP contribution in [0.15, 0.2) is 36.4 Å². The Morgan fingerprint density at radius 3 is 2.70 bits per heavy atom. The highest BCUT2D eigenvalue weighted by Crippen LogP contribution is 2.34. The second-order valence-corrected chi connectivity index (χ2v) is 5.19. The summed E-state index contributed by atoms with van der Waals surface area (Å²) in [5, 5.41) is 1.00. The summed E-state index contributed by atoms with van der Waals surface area (Å²) in [6, 6.07) is 11.3. The lowest BCUT2D eigenvalue weighted by molar-refractivity contribution is -0.176. The number of pyridine rings is 1. The van der Waals surface area contributed by atoms with E-state index >= 15 is 0 Å². The lowest BCUT2D eigenvalue weighted by atomic mass is 9.97. The third kappa shape index (κ3) is 2.57. The van der Waals surface area contributed by atoms with Crippen molar-refractivity contribution >= 4 is 16.7 Å². The molecule has 0 spiro atoms. The highest BCUT2D eigenvalue weighted by molar-refractivity contribution is 5.80. The molecule has 3 rings (SSSR count). The van der Waals surface area contributed by atoms with Crippen molar-refractivity contribution in [2.24, 2.45) is 5.92 Å². The first-order chi connectivity index (χ1) is 9.54. The molecule has 0 N–H and O–H groups in total. The summed E-state index contributed by atoms with van der Waals surface area (Å²) in [4.78, 5) is 6.22. The molecule has 0 saturated carbocycles. The van der Waals surface area contributed by atoms with Gasteiger partial charge in [0.05, 0.1) is 11.4 Å². The number of hydrogen-bond acceptors (Lipinski definition) is 2. The number of alkyl halides is 3. The molecule has 106 valence electrons. The predicted octanol–water partition coefficient (Wildman–Crippen LogP) is 4.01. The first-order valence-electron chi connectivity index (χ1n) is 6.71. The molecule has 1 atom stereocenters. The molecule has 20 heavy (non-hydrogen) atoms. The van der Waals surface area contributed by atoms with E-state index in [0.717, 1.165) is 10.9 Å². The Morgan fingerprint density at radius 1 is 1.10 bits per heavy atom. The number of aromatic nitrogens is 1. The van der Waals surface area contributed by atoms with Crippen LogP contribution in [-0.2, 0) is 0 Å². The van der Waals surface area contributed by atoms with Crippen molar-refractivity contribution in [2.45, 2.75) is 19.0 Å². The van der Waals surface area contributed by atoms with E-state index in [1.165, 1.54) is 0 Å². The normalized spacial score (nSPS) is 20.4. The van der Waals surface area contributed by atoms with Gasteiger partial charge in [-0.2, -0.15) is 13.2 Å². The summed E-state index contributed by atoms with van der Waals surface area (Å²) in [6.07, 6.45) is -3.35. The molecular formula is C15H15F3N2. The van der Waals surface area contributed by atoms with Crippen LogP contribution in [0.25, 0.3) is 10.9 Å². The van der Waals surface area contributed by atoms with Crippen LogP contribution in [0.4, 0.5) is 19.0 Å². The van der Waals surface area contributed by atoms with E-state index in [-0.39, 0.29) is 13.0 Å². The third-order valence-corrected chi connectivity index (χ3v) is 3.79. The Morgan fingerprint density at radius 2 is 1.90 bits per heavy atom. The van der Waals surface area contributed by atoms with Gasteiger partial charge in [-0.1, -0.05) is 18.2 Å². The van der Waals surface area contributed by atoms with Crippen LogP contribution in [0, 0.1) is 5.92 Å². The summed E-state index contributed by atoms with van der Waals surface area (Å²) >= 11 is 0. The van der Waals surface area contributed by atoms with Crippen LogP contribution >= 0.6 is 0 Å². The molecule has 1 aromatic heterocycles.